The molecule has 1 amide bonds. The third-order valence-electron chi connectivity index (χ3n) is 5.38. The molecule has 4 nitrogen and oxygen atoms in total. The number of halogens is 1. The van der Waals surface area contributed by atoms with Crippen molar-refractivity contribution in [2.45, 2.75) is 70.0 Å². The normalized spacial score (nSPS) is 33.4. The fraction of sp³-hybridized carbons (Fsp3) is 0.938. The second kappa shape index (κ2) is 7.80. The number of nitrogens with one attached hydrogen (secondary N) is 1. The standard InChI is InChI=1S/C16H29N3O.ClH/c1-2-15-5-3-4-9-19(15)16(20)12-18-10-8-13-6-7-14(11-18)17-13;/h13-15,17H,2-12H2,1H3;1H. The van der Waals surface area contributed by atoms with Crippen LogP contribution in [0.5, 0.6) is 0 Å². The Labute approximate surface area is 135 Å². The number of hydrogen-bond donors (Lipinski definition) is 1. The summed E-state index contributed by atoms with van der Waals surface area (Å²) in [4.78, 5) is 17.2. The van der Waals surface area contributed by atoms with E-state index >= 15 is 0 Å². The lowest BCUT2D eigenvalue weighted by molar-refractivity contribution is -0.136. The van der Waals surface area contributed by atoms with Gasteiger partial charge >= 0.3 is 0 Å². The Kier molecular flexibility index (Phi) is 6.33. The molecule has 21 heavy (non-hydrogen) atoms. The molecule has 3 saturated heterocycles. The Morgan fingerprint density at radius 2 is 1.90 bits per heavy atom. The highest BCUT2D eigenvalue weighted by molar-refractivity contribution is 5.85. The number of likely N-dealkylation sites (tertiary alicyclic amines) is 2. The predicted molar refractivity (Wildman–Crippen MR) is 87.9 cm³/mol. The number of carbonyl (C=O) groups excluding carboxylic acids is 1. The fourth-order valence-corrected chi connectivity index (χ4v) is 4.19. The summed E-state index contributed by atoms with van der Waals surface area (Å²) < 4.78 is 0. The van der Waals surface area contributed by atoms with E-state index in [1.807, 2.05) is 0 Å². The summed E-state index contributed by atoms with van der Waals surface area (Å²) in [6.45, 7) is 5.99. The largest absolute Gasteiger partial charge is 0.339 e. The van der Waals surface area contributed by atoms with E-state index in [2.05, 4.69) is 22.0 Å². The Morgan fingerprint density at radius 3 is 2.71 bits per heavy atom. The minimum atomic E-state index is 0. The van der Waals surface area contributed by atoms with Crippen LogP contribution in [0.3, 0.4) is 0 Å². The number of carbonyl (C=O) groups is 1. The van der Waals surface area contributed by atoms with Crippen LogP contribution >= 0.6 is 12.4 Å². The van der Waals surface area contributed by atoms with Crippen LogP contribution in [0.15, 0.2) is 0 Å². The topological polar surface area (TPSA) is 35.6 Å². The number of amides is 1. The maximum absolute atomic E-state index is 12.6. The summed E-state index contributed by atoms with van der Waals surface area (Å²) in [5.41, 5.74) is 0. The summed E-state index contributed by atoms with van der Waals surface area (Å²) >= 11 is 0. The van der Waals surface area contributed by atoms with Crippen molar-refractivity contribution in [3.63, 3.8) is 0 Å². The lowest BCUT2D eigenvalue weighted by Crippen LogP contribution is -2.49. The average Bonchev–Trinajstić information content (AvgIpc) is 2.81. The zero-order chi connectivity index (χ0) is 13.9. The molecule has 3 fully saturated rings. The third-order valence-corrected chi connectivity index (χ3v) is 5.38. The molecule has 5 heteroatoms. The highest BCUT2D eigenvalue weighted by atomic mass is 35.5. The number of rotatable bonds is 3. The number of piperidine rings is 1. The Balaban J connectivity index is 0.00000161. The Morgan fingerprint density at radius 1 is 1.10 bits per heavy atom. The van der Waals surface area contributed by atoms with E-state index in [1.54, 1.807) is 0 Å². The van der Waals surface area contributed by atoms with Crippen LogP contribution in [-0.4, -0.2) is 60.0 Å². The minimum Gasteiger partial charge on any atom is -0.339 e. The molecular weight excluding hydrogens is 286 g/mol. The van der Waals surface area contributed by atoms with Crippen LogP contribution in [0.4, 0.5) is 0 Å². The van der Waals surface area contributed by atoms with E-state index in [0.29, 0.717) is 30.6 Å². The molecule has 0 aromatic heterocycles. The lowest BCUT2D eigenvalue weighted by atomic mass is 10.00. The first-order valence-electron chi connectivity index (χ1n) is 8.54. The summed E-state index contributed by atoms with van der Waals surface area (Å²) in [5.74, 6) is 0.370. The maximum atomic E-state index is 12.6. The molecule has 3 aliphatic rings. The molecule has 0 spiro atoms. The molecule has 3 atom stereocenters. The number of fused-ring (bicyclic) bond motifs is 2. The van der Waals surface area contributed by atoms with Gasteiger partial charge in [-0.15, -0.1) is 12.4 Å². The van der Waals surface area contributed by atoms with Gasteiger partial charge in [0.1, 0.15) is 0 Å². The quantitative estimate of drug-likeness (QED) is 0.865. The first-order valence-corrected chi connectivity index (χ1v) is 8.54. The molecule has 3 rings (SSSR count). The molecule has 3 heterocycles. The second-order valence-electron chi connectivity index (χ2n) is 6.81. The van der Waals surface area contributed by atoms with Gasteiger partial charge in [0.2, 0.25) is 5.91 Å². The minimum absolute atomic E-state index is 0. The van der Waals surface area contributed by atoms with Crippen LogP contribution in [-0.2, 0) is 4.79 Å². The van der Waals surface area contributed by atoms with E-state index in [1.165, 1.54) is 38.5 Å². The average molecular weight is 316 g/mol. The van der Waals surface area contributed by atoms with E-state index in [9.17, 15) is 4.79 Å². The zero-order valence-electron chi connectivity index (χ0n) is 13.2. The van der Waals surface area contributed by atoms with E-state index in [0.717, 1.165) is 26.1 Å². The highest BCUT2D eigenvalue weighted by Gasteiger charge is 2.31. The monoisotopic (exact) mass is 315 g/mol. The van der Waals surface area contributed by atoms with Gasteiger partial charge in [0, 0.05) is 37.8 Å². The van der Waals surface area contributed by atoms with Crippen molar-refractivity contribution in [1.29, 1.82) is 0 Å². The molecule has 2 bridgehead atoms. The van der Waals surface area contributed by atoms with Gasteiger partial charge in [-0.2, -0.15) is 0 Å². The molecule has 0 radical (unpaired) electrons. The van der Waals surface area contributed by atoms with Gasteiger partial charge < -0.3 is 10.2 Å². The molecular formula is C16H30ClN3O. The van der Waals surface area contributed by atoms with Crippen molar-refractivity contribution in [3.8, 4) is 0 Å². The van der Waals surface area contributed by atoms with Crippen LogP contribution < -0.4 is 5.32 Å². The van der Waals surface area contributed by atoms with Gasteiger partial charge in [0.15, 0.2) is 0 Å². The van der Waals surface area contributed by atoms with Crippen LogP contribution in [0.25, 0.3) is 0 Å². The molecule has 1 N–H and O–H groups in total. The zero-order valence-corrected chi connectivity index (χ0v) is 14.0. The molecule has 3 unspecified atom stereocenters. The molecule has 122 valence electrons. The highest BCUT2D eigenvalue weighted by Crippen LogP contribution is 2.22. The van der Waals surface area contributed by atoms with Gasteiger partial charge in [-0.3, -0.25) is 9.69 Å². The first kappa shape index (κ1) is 17.0. The second-order valence-corrected chi connectivity index (χ2v) is 6.81. The summed E-state index contributed by atoms with van der Waals surface area (Å²) in [6, 6.07) is 1.83. The van der Waals surface area contributed by atoms with Crippen molar-refractivity contribution in [3.05, 3.63) is 0 Å². The smallest absolute Gasteiger partial charge is 0.236 e. The summed E-state index contributed by atoms with van der Waals surface area (Å²) in [7, 11) is 0. The SMILES string of the molecule is CCC1CCCCN1C(=O)CN1CCC2CCC(C1)N2.Cl. The van der Waals surface area contributed by atoms with Gasteiger partial charge in [0.25, 0.3) is 0 Å². The van der Waals surface area contributed by atoms with Crippen molar-refractivity contribution >= 4 is 18.3 Å². The van der Waals surface area contributed by atoms with Crippen molar-refractivity contribution < 1.29 is 4.79 Å². The summed E-state index contributed by atoms with van der Waals surface area (Å²) in [6.07, 6.45) is 8.62. The molecule has 0 saturated carbocycles. The van der Waals surface area contributed by atoms with Gasteiger partial charge in [-0.25, -0.2) is 0 Å². The number of hydrogen-bond acceptors (Lipinski definition) is 3. The maximum Gasteiger partial charge on any atom is 0.236 e. The van der Waals surface area contributed by atoms with E-state index in [4.69, 9.17) is 0 Å². The van der Waals surface area contributed by atoms with E-state index < -0.39 is 0 Å². The van der Waals surface area contributed by atoms with E-state index in [-0.39, 0.29) is 12.4 Å². The molecule has 0 aromatic rings. The van der Waals surface area contributed by atoms with Crippen molar-refractivity contribution in [2.24, 2.45) is 0 Å². The Hall–Kier alpha value is -0.320. The fourth-order valence-electron chi connectivity index (χ4n) is 4.19. The first-order chi connectivity index (χ1) is 9.76. The van der Waals surface area contributed by atoms with Gasteiger partial charge in [0.05, 0.1) is 6.54 Å². The summed E-state index contributed by atoms with van der Waals surface area (Å²) in [5, 5.41) is 3.69. The number of nitrogens with zero attached hydrogens (tertiary/aromatic N) is 2. The van der Waals surface area contributed by atoms with Crippen LogP contribution in [0.2, 0.25) is 0 Å². The van der Waals surface area contributed by atoms with Gasteiger partial charge in [-0.05, 0) is 44.9 Å². The molecule has 3 aliphatic heterocycles. The third kappa shape index (κ3) is 4.11. The van der Waals surface area contributed by atoms with Crippen LogP contribution in [0.1, 0.15) is 51.9 Å². The Bertz CT molecular complexity index is 352. The lowest BCUT2D eigenvalue weighted by Gasteiger charge is -2.37. The molecule has 0 aromatic carbocycles. The predicted octanol–water partition coefficient (Wildman–Crippen LogP) is 2.03. The van der Waals surface area contributed by atoms with Crippen LogP contribution in [0, 0.1) is 0 Å². The van der Waals surface area contributed by atoms with Gasteiger partial charge in [-0.1, -0.05) is 6.92 Å². The molecule has 0 aliphatic carbocycles. The van der Waals surface area contributed by atoms with Crippen molar-refractivity contribution in [1.82, 2.24) is 15.1 Å². The van der Waals surface area contributed by atoms with Crippen molar-refractivity contribution in [2.75, 3.05) is 26.2 Å².